The fraction of sp³-hybridized carbons (Fsp3) is 0.250. The quantitative estimate of drug-likeness (QED) is 0.448. The van der Waals surface area contributed by atoms with Crippen LogP contribution >= 0.6 is 0 Å². The summed E-state index contributed by atoms with van der Waals surface area (Å²) in [6.07, 6.45) is 2.87. The molecule has 0 radical (unpaired) electrons. The number of nitrogens with two attached hydrogens (primary N) is 1. The number of carbonyl (C=O) groups is 1. The van der Waals surface area contributed by atoms with Crippen molar-refractivity contribution in [2.75, 3.05) is 11.9 Å². The van der Waals surface area contributed by atoms with E-state index in [1.165, 1.54) is 4.68 Å². The lowest BCUT2D eigenvalue weighted by Crippen LogP contribution is -2.17. The maximum Gasteiger partial charge on any atom is 0.435 e. The highest BCUT2D eigenvalue weighted by molar-refractivity contribution is 5.90. The van der Waals surface area contributed by atoms with Crippen LogP contribution in [0.2, 0.25) is 0 Å². The van der Waals surface area contributed by atoms with Crippen molar-refractivity contribution in [2.24, 2.45) is 11.7 Å². The molecule has 1 atom stereocenters. The fourth-order valence-electron chi connectivity index (χ4n) is 3.21. The average Bonchev–Trinajstić information content (AvgIpc) is 3.21. The second kappa shape index (κ2) is 9.15. The Hall–Kier alpha value is -3.78. The summed E-state index contributed by atoms with van der Waals surface area (Å²) in [5.74, 6) is 1.54. The normalized spacial score (nSPS) is 12.2. The third-order valence-electron chi connectivity index (χ3n) is 4.90. The van der Waals surface area contributed by atoms with Crippen LogP contribution < -0.4 is 11.1 Å². The van der Waals surface area contributed by atoms with Crippen LogP contribution in [0.3, 0.4) is 0 Å². The molecular weight excluding hydrogens is 404 g/mol. The highest BCUT2D eigenvalue weighted by atomic mass is 16.6. The number of rotatable bonds is 6. The molecule has 0 aliphatic rings. The van der Waals surface area contributed by atoms with Gasteiger partial charge < -0.3 is 15.8 Å². The van der Waals surface area contributed by atoms with E-state index in [4.69, 9.17) is 10.5 Å². The lowest BCUT2D eigenvalue weighted by atomic mass is 10.1. The molecule has 0 saturated heterocycles. The van der Waals surface area contributed by atoms with Gasteiger partial charge in [-0.2, -0.15) is 9.78 Å². The van der Waals surface area contributed by atoms with Crippen LogP contribution in [0.5, 0.6) is 0 Å². The molecule has 0 aliphatic heterocycles. The van der Waals surface area contributed by atoms with Gasteiger partial charge in [0.25, 0.3) is 0 Å². The molecule has 0 spiro atoms. The number of anilines is 2. The Balaban J connectivity index is 1.52. The summed E-state index contributed by atoms with van der Waals surface area (Å²) in [5.41, 5.74) is 9.40. The fourth-order valence-corrected chi connectivity index (χ4v) is 3.21. The van der Waals surface area contributed by atoms with E-state index in [-0.39, 0.29) is 12.0 Å². The highest BCUT2D eigenvalue weighted by Crippen LogP contribution is 2.24. The van der Waals surface area contributed by atoms with Crippen molar-refractivity contribution in [3.05, 3.63) is 66.5 Å². The molecule has 0 saturated carbocycles. The minimum atomic E-state index is -0.482. The van der Waals surface area contributed by atoms with Crippen molar-refractivity contribution < 1.29 is 9.53 Å². The lowest BCUT2D eigenvalue weighted by molar-refractivity contribution is 0.132. The Kier molecular flexibility index (Phi) is 6.13. The van der Waals surface area contributed by atoms with Crippen molar-refractivity contribution in [1.29, 1.82) is 0 Å². The van der Waals surface area contributed by atoms with E-state index in [1.807, 2.05) is 63.2 Å². The van der Waals surface area contributed by atoms with Gasteiger partial charge in [0.2, 0.25) is 0 Å². The molecule has 8 heteroatoms. The van der Waals surface area contributed by atoms with E-state index >= 15 is 0 Å². The topological polar surface area (TPSA) is 108 Å². The minimum Gasteiger partial charge on any atom is -0.448 e. The molecule has 32 heavy (non-hydrogen) atoms. The average molecular weight is 431 g/mol. The van der Waals surface area contributed by atoms with Gasteiger partial charge in [0.15, 0.2) is 5.82 Å². The smallest absolute Gasteiger partial charge is 0.435 e. The standard InChI is InChI=1S/C24H26N6O2/c1-15(2)14-32-24(31)30-21-9-8-20(12-19(21)13-27-30)28-22-10-11-26-23(29-22)18-6-4-17(5-7-18)16(3)25/h4-13,15-16H,14,25H2,1-3H3,(H,26,28,29). The monoisotopic (exact) mass is 430 g/mol. The summed E-state index contributed by atoms with van der Waals surface area (Å²) in [7, 11) is 0. The Morgan fingerprint density at radius 2 is 1.91 bits per heavy atom. The summed E-state index contributed by atoms with van der Waals surface area (Å²) in [6, 6.07) is 15.3. The summed E-state index contributed by atoms with van der Waals surface area (Å²) >= 11 is 0. The molecule has 8 nitrogen and oxygen atoms in total. The molecule has 164 valence electrons. The van der Waals surface area contributed by atoms with Crippen LogP contribution in [0.1, 0.15) is 32.4 Å². The summed E-state index contributed by atoms with van der Waals surface area (Å²) in [5, 5.41) is 8.28. The van der Waals surface area contributed by atoms with Crippen LogP contribution in [-0.4, -0.2) is 32.4 Å². The zero-order valence-electron chi connectivity index (χ0n) is 18.3. The molecule has 3 N–H and O–H groups in total. The van der Waals surface area contributed by atoms with Crippen molar-refractivity contribution >= 4 is 28.5 Å². The highest BCUT2D eigenvalue weighted by Gasteiger charge is 2.13. The zero-order valence-corrected chi connectivity index (χ0v) is 18.3. The predicted molar refractivity (Wildman–Crippen MR) is 125 cm³/mol. The predicted octanol–water partition coefficient (Wildman–Crippen LogP) is 4.90. The van der Waals surface area contributed by atoms with E-state index in [2.05, 4.69) is 20.4 Å². The van der Waals surface area contributed by atoms with Gasteiger partial charge in [-0.25, -0.2) is 14.8 Å². The van der Waals surface area contributed by atoms with Gasteiger partial charge in [-0.15, -0.1) is 0 Å². The van der Waals surface area contributed by atoms with E-state index in [1.54, 1.807) is 18.5 Å². The first-order chi connectivity index (χ1) is 15.4. The van der Waals surface area contributed by atoms with Gasteiger partial charge in [-0.3, -0.25) is 0 Å². The minimum absolute atomic E-state index is 0.0192. The number of ether oxygens (including phenoxy) is 1. The van der Waals surface area contributed by atoms with Gasteiger partial charge >= 0.3 is 6.09 Å². The van der Waals surface area contributed by atoms with Crippen LogP contribution in [0.25, 0.3) is 22.3 Å². The number of nitrogens with one attached hydrogen (secondary N) is 1. The van der Waals surface area contributed by atoms with Gasteiger partial charge in [-0.05, 0) is 42.7 Å². The first-order valence-electron chi connectivity index (χ1n) is 10.5. The first kappa shape index (κ1) is 21.5. The first-order valence-corrected chi connectivity index (χ1v) is 10.5. The van der Waals surface area contributed by atoms with Crippen LogP contribution in [0.15, 0.2) is 60.9 Å². The maximum atomic E-state index is 12.3. The molecule has 0 bridgehead atoms. The van der Waals surface area contributed by atoms with Crippen molar-refractivity contribution in [3.63, 3.8) is 0 Å². The van der Waals surface area contributed by atoms with Gasteiger partial charge in [0.1, 0.15) is 5.82 Å². The number of hydrogen-bond donors (Lipinski definition) is 2. The largest absolute Gasteiger partial charge is 0.448 e. The molecular formula is C24H26N6O2. The molecule has 0 amide bonds. The third-order valence-corrected chi connectivity index (χ3v) is 4.90. The van der Waals surface area contributed by atoms with E-state index in [9.17, 15) is 4.79 Å². The lowest BCUT2D eigenvalue weighted by Gasteiger charge is -2.09. The zero-order chi connectivity index (χ0) is 22.7. The molecule has 0 fully saturated rings. The Bertz CT molecular complexity index is 1230. The molecule has 4 aromatic rings. The second-order valence-electron chi connectivity index (χ2n) is 8.10. The molecule has 4 rings (SSSR count). The van der Waals surface area contributed by atoms with Crippen LogP contribution in [0.4, 0.5) is 16.3 Å². The summed E-state index contributed by atoms with van der Waals surface area (Å²) in [6.45, 7) is 6.27. The number of aromatic nitrogens is 4. The van der Waals surface area contributed by atoms with Crippen molar-refractivity contribution in [1.82, 2.24) is 19.7 Å². The van der Waals surface area contributed by atoms with E-state index < -0.39 is 6.09 Å². The molecule has 2 aromatic carbocycles. The maximum absolute atomic E-state index is 12.3. The molecule has 2 heterocycles. The van der Waals surface area contributed by atoms with Gasteiger partial charge in [-0.1, -0.05) is 38.1 Å². The number of carbonyl (C=O) groups excluding carboxylic acids is 1. The molecule has 1 unspecified atom stereocenters. The Labute approximate surface area is 186 Å². The summed E-state index contributed by atoms with van der Waals surface area (Å²) in [4.78, 5) is 21.3. The Morgan fingerprint density at radius 1 is 1.12 bits per heavy atom. The van der Waals surface area contributed by atoms with E-state index in [0.717, 1.165) is 22.2 Å². The van der Waals surface area contributed by atoms with Crippen molar-refractivity contribution in [2.45, 2.75) is 26.8 Å². The van der Waals surface area contributed by atoms with Crippen molar-refractivity contribution in [3.8, 4) is 11.4 Å². The van der Waals surface area contributed by atoms with Gasteiger partial charge in [0, 0.05) is 28.9 Å². The van der Waals surface area contributed by atoms with Gasteiger partial charge in [0.05, 0.1) is 18.3 Å². The van der Waals surface area contributed by atoms with Crippen LogP contribution in [0, 0.1) is 5.92 Å². The van der Waals surface area contributed by atoms with E-state index in [0.29, 0.717) is 23.8 Å². The number of nitrogens with zero attached hydrogens (tertiary/aromatic N) is 4. The number of hydrogen-bond acceptors (Lipinski definition) is 7. The molecule has 0 aliphatic carbocycles. The second-order valence-corrected chi connectivity index (χ2v) is 8.10. The SMILES string of the molecule is CC(C)COC(=O)n1ncc2cc(Nc3ccnc(-c4ccc(C(C)N)cc4)n3)ccc21. The number of benzene rings is 2. The molecule has 2 aromatic heterocycles. The summed E-state index contributed by atoms with van der Waals surface area (Å²) < 4.78 is 6.55. The Morgan fingerprint density at radius 3 is 2.62 bits per heavy atom. The van der Waals surface area contributed by atoms with Crippen LogP contribution in [-0.2, 0) is 4.74 Å². The number of fused-ring (bicyclic) bond motifs is 1. The third kappa shape index (κ3) is 4.76.